The van der Waals surface area contributed by atoms with Crippen LogP contribution in [0, 0.1) is 11.6 Å². The van der Waals surface area contributed by atoms with E-state index in [1.54, 1.807) is 6.92 Å². The smallest absolute Gasteiger partial charge is 0.134 e. The van der Waals surface area contributed by atoms with Crippen LogP contribution in [0.15, 0.2) is 12.1 Å². The number of hydrogen-bond acceptors (Lipinski definition) is 3. The molecule has 1 rings (SSSR count). The van der Waals surface area contributed by atoms with Crippen molar-refractivity contribution in [3.63, 3.8) is 0 Å². The maximum Gasteiger partial charge on any atom is 0.134 e. The van der Waals surface area contributed by atoms with Crippen molar-refractivity contribution in [3.05, 3.63) is 29.3 Å². The molecular weight excluding hydrogens is 226 g/mol. The Morgan fingerprint density at radius 1 is 1.33 bits per heavy atom. The van der Waals surface area contributed by atoms with Gasteiger partial charge in [-0.25, -0.2) is 8.78 Å². The SMILES string of the molecule is CCOc1cc(F)c(CNN)c(F)c1.Cl. The fourth-order valence-corrected chi connectivity index (χ4v) is 1.10. The molecule has 0 saturated heterocycles. The van der Waals surface area contributed by atoms with Crippen molar-refractivity contribution in [1.29, 1.82) is 0 Å². The quantitative estimate of drug-likeness (QED) is 0.621. The van der Waals surface area contributed by atoms with E-state index in [1.807, 2.05) is 0 Å². The number of hydrogen-bond donors (Lipinski definition) is 2. The number of hydrazine groups is 1. The Morgan fingerprint density at radius 3 is 2.27 bits per heavy atom. The van der Waals surface area contributed by atoms with Gasteiger partial charge < -0.3 is 4.74 Å². The summed E-state index contributed by atoms with van der Waals surface area (Å²) in [5.41, 5.74) is 2.11. The van der Waals surface area contributed by atoms with Crippen molar-refractivity contribution < 1.29 is 13.5 Å². The van der Waals surface area contributed by atoms with E-state index in [-0.39, 0.29) is 30.3 Å². The lowest BCUT2D eigenvalue weighted by Gasteiger charge is -2.07. The molecule has 15 heavy (non-hydrogen) atoms. The summed E-state index contributed by atoms with van der Waals surface area (Å²) < 4.78 is 31.4. The minimum absolute atomic E-state index is 0. The van der Waals surface area contributed by atoms with E-state index >= 15 is 0 Å². The molecule has 0 amide bonds. The highest BCUT2D eigenvalue weighted by atomic mass is 35.5. The van der Waals surface area contributed by atoms with Crippen LogP contribution in [0.25, 0.3) is 0 Å². The molecule has 0 aliphatic heterocycles. The number of rotatable bonds is 4. The molecular formula is C9H13ClF2N2O. The number of halogens is 3. The molecule has 0 atom stereocenters. The molecule has 1 aromatic carbocycles. The molecule has 0 spiro atoms. The number of benzene rings is 1. The topological polar surface area (TPSA) is 47.3 Å². The third-order valence-corrected chi connectivity index (χ3v) is 1.70. The Bertz CT molecular complexity index is 300. The zero-order chi connectivity index (χ0) is 10.6. The first-order chi connectivity index (χ1) is 6.69. The maximum atomic E-state index is 13.2. The molecule has 3 N–H and O–H groups in total. The Morgan fingerprint density at radius 2 is 1.87 bits per heavy atom. The van der Waals surface area contributed by atoms with Crippen LogP contribution >= 0.6 is 12.4 Å². The molecule has 0 bridgehead atoms. The summed E-state index contributed by atoms with van der Waals surface area (Å²) in [5, 5.41) is 0. The fraction of sp³-hybridized carbons (Fsp3) is 0.333. The van der Waals surface area contributed by atoms with Gasteiger partial charge in [-0.1, -0.05) is 0 Å². The standard InChI is InChI=1S/C9H12F2N2O.ClH/c1-2-14-6-3-8(10)7(5-13-12)9(11)4-6;/h3-4,13H,2,5,12H2,1H3;1H. The van der Waals surface area contributed by atoms with Crippen molar-refractivity contribution in [2.75, 3.05) is 6.61 Å². The van der Waals surface area contributed by atoms with Crippen LogP contribution in [0.2, 0.25) is 0 Å². The van der Waals surface area contributed by atoms with Gasteiger partial charge in [0.1, 0.15) is 17.4 Å². The van der Waals surface area contributed by atoms with Gasteiger partial charge in [0.2, 0.25) is 0 Å². The van der Waals surface area contributed by atoms with Crippen molar-refractivity contribution >= 4 is 12.4 Å². The summed E-state index contributed by atoms with van der Waals surface area (Å²) in [6, 6.07) is 2.28. The minimum Gasteiger partial charge on any atom is -0.494 e. The second-order valence-corrected chi connectivity index (χ2v) is 2.68. The van der Waals surface area contributed by atoms with Gasteiger partial charge in [0.05, 0.1) is 6.61 Å². The summed E-state index contributed by atoms with van der Waals surface area (Å²) in [7, 11) is 0. The summed E-state index contributed by atoms with van der Waals surface area (Å²) in [6.45, 7) is 2.06. The lowest BCUT2D eigenvalue weighted by Crippen LogP contribution is -2.22. The van der Waals surface area contributed by atoms with Crippen LogP contribution in [0.4, 0.5) is 8.78 Å². The van der Waals surface area contributed by atoms with Crippen molar-refractivity contribution in [2.24, 2.45) is 5.84 Å². The van der Waals surface area contributed by atoms with Crippen LogP contribution in [-0.2, 0) is 6.54 Å². The normalized spacial score (nSPS) is 9.60. The van der Waals surface area contributed by atoms with Crippen molar-refractivity contribution in [2.45, 2.75) is 13.5 Å². The highest BCUT2D eigenvalue weighted by Gasteiger charge is 2.10. The first-order valence-corrected chi connectivity index (χ1v) is 4.23. The van der Waals surface area contributed by atoms with Crippen LogP contribution in [0.5, 0.6) is 5.75 Å². The molecule has 0 unspecified atom stereocenters. The van der Waals surface area contributed by atoms with Gasteiger partial charge in [0.15, 0.2) is 0 Å². The molecule has 0 saturated carbocycles. The average molecular weight is 239 g/mol. The van der Waals surface area contributed by atoms with Gasteiger partial charge in [0.25, 0.3) is 0 Å². The third kappa shape index (κ3) is 3.62. The van der Waals surface area contributed by atoms with Crippen LogP contribution in [0.1, 0.15) is 12.5 Å². The van der Waals surface area contributed by atoms with E-state index < -0.39 is 11.6 Å². The molecule has 1 aromatic rings. The summed E-state index contributed by atoms with van der Waals surface area (Å²) in [4.78, 5) is 0. The van der Waals surface area contributed by atoms with E-state index in [2.05, 4.69) is 5.43 Å². The molecule has 0 aliphatic carbocycles. The zero-order valence-corrected chi connectivity index (χ0v) is 9.04. The second kappa shape index (κ2) is 6.55. The lowest BCUT2D eigenvalue weighted by molar-refractivity contribution is 0.335. The molecule has 0 aromatic heterocycles. The van der Waals surface area contributed by atoms with E-state index in [9.17, 15) is 8.78 Å². The molecule has 6 heteroatoms. The lowest BCUT2D eigenvalue weighted by atomic mass is 10.2. The van der Waals surface area contributed by atoms with E-state index in [4.69, 9.17) is 10.6 Å². The van der Waals surface area contributed by atoms with Crippen LogP contribution in [-0.4, -0.2) is 6.61 Å². The average Bonchev–Trinajstić information content (AvgIpc) is 2.12. The predicted octanol–water partition coefficient (Wildman–Crippen LogP) is 1.75. The summed E-state index contributed by atoms with van der Waals surface area (Å²) in [6.07, 6.45) is 0. The first kappa shape index (κ1) is 14.1. The Labute approximate surface area is 93.0 Å². The van der Waals surface area contributed by atoms with Gasteiger partial charge in [-0.15, -0.1) is 12.4 Å². The molecule has 0 radical (unpaired) electrons. The fourth-order valence-electron chi connectivity index (χ4n) is 1.10. The minimum atomic E-state index is -0.661. The molecule has 86 valence electrons. The highest BCUT2D eigenvalue weighted by Crippen LogP contribution is 2.20. The van der Waals surface area contributed by atoms with Gasteiger partial charge in [0, 0.05) is 24.2 Å². The zero-order valence-electron chi connectivity index (χ0n) is 8.22. The van der Waals surface area contributed by atoms with Gasteiger partial charge in [-0.2, -0.15) is 0 Å². The van der Waals surface area contributed by atoms with Crippen LogP contribution in [0.3, 0.4) is 0 Å². The highest BCUT2D eigenvalue weighted by molar-refractivity contribution is 5.85. The predicted molar refractivity (Wildman–Crippen MR) is 55.8 cm³/mol. The molecule has 0 fully saturated rings. The van der Waals surface area contributed by atoms with Gasteiger partial charge in [-0.05, 0) is 6.92 Å². The monoisotopic (exact) mass is 238 g/mol. The Kier molecular flexibility index (Phi) is 6.15. The number of nitrogens with two attached hydrogens (primary N) is 1. The van der Waals surface area contributed by atoms with Crippen LogP contribution < -0.4 is 16.0 Å². The Hall–Kier alpha value is -0.910. The van der Waals surface area contributed by atoms with Gasteiger partial charge >= 0.3 is 0 Å². The van der Waals surface area contributed by atoms with Crippen molar-refractivity contribution in [1.82, 2.24) is 5.43 Å². The Balaban J connectivity index is 0.00000196. The second-order valence-electron chi connectivity index (χ2n) is 2.68. The van der Waals surface area contributed by atoms with E-state index in [0.29, 0.717) is 6.61 Å². The number of ether oxygens (including phenoxy) is 1. The first-order valence-electron chi connectivity index (χ1n) is 4.23. The van der Waals surface area contributed by atoms with Crippen molar-refractivity contribution in [3.8, 4) is 5.75 Å². The largest absolute Gasteiger partial charge is 0.494 e. The molecule has 3 nitrogen and oxygen atoms in total. The third-order valence-electron chi connectivity index (χ3n) is 1.70. The number of nitrogens with one attached hydrogen (secondary N) is 1. The molecule has 0 aliphatic rings. The van der Waals surface area contributed by atoms with Gasteiger partial charge in [-0.3, -0.25) is 11.3 Å². The van der Waals surface area contributed by atoms with E-state index in [1.165, 1.54) is 0 Å². The van der Waals surface area contributed by atoms with E-state index in [0.717, 1.165) is 12.1 Å². The maximum absolute atomic E-state index is 13.2. The molecule has 0 heterocycles. The summed E-state index contributed by atoms with van der Waals surface area (Å²) in [5.74, 6) is 3.84. The summed E-state index contributed by atoms with van der Waals surface area (Å²) >= 11 is 0.